The largest absolute Gasteiger partial charge is 0.442 e. The number of hydrogen-bond donors (Lipinski definition) is 0. The summed E-state index contributed by atoms with van der Waals surface area (Å²) < 4.78 is 61.1. The van der Waals surface area contributed by atoms with E-state index in [2.05, 4.69) is 20.9 Å². The molecule has 0 fully saturated rings. The zero-order valence-corrected chi connectivity index (χ0v) is 23.8. The van der Waals surface area contributed by atoms with Crippen molar-refractivity contribution in [2.45, 2.75) is 65.0 Å². The van der Waals surface area contributed by atoms with Gasteiger partial charge in [-0.05, 0) is 68.2 Å². The van der Waals surface area contributed by atoms with E-state index in [0.717, 1.165) is 23.8 Å². The molecule has 39 heavy (non-hydrogen) atoms. The molecule has 1 heterocycles. The molecule has 0 saturated carbocycles. The minimum Gasteiger partial charge on any atom is -0.442 e. The van der Waals surface area contributed by atoms with Crippen molar-refractivity contribution in [2.24, 2.45) is 4.99 Å². The van der Waals surface area contributed by atoms with Crippen LogP contribution in [0.2, 0.25) is 0 Å². The zero-order valence-electron chi connectivity index (χ0n) is 22.2. The summed E-state index contributed by atoms with van der Waals surface area (Å²) in [5.41, 5.74) is -1.21. The Bertz CT molecular complexity index is 1270. The Balaban J connectivity index is 1.97. The maximum atomic E-state index is 14.7. The Morgan fingerprint density at radius 3 is 2.33 bits per heavy atom. The molecule has 0 bridgehead atoms. The highest BCUT2D eigenvalue weighted by Gasteiger charge is 2.39. The molecule has 11 heteroatoms. The van der Waals surface area contributed by atoms with Gasteiger partial charge in [0.05, 0.1) is 5.56 Å². The third kappa shape index (κ3) is 7.46. The van der Waals surface area contributed by atoms with Crippen LogP contribution in [0.3, 0.4) is 0 Å². The summed E-state index contributed by atoms with van der Waals surface area (Å²) in [5, 5.41) is 0. The van der Waals surface area contributed by atoms with Crippen LogP contribution in [0.4, 0.5) is 22.4 Å². The summed E-state index contributed by atoms with van der Waals surface area (Å²) in [7, 11) is 0. The monoisotopic (exact) mass is 611 g/mol. The smallest absolute Gasteiger partial charge is 0.433 e. The molecule has 210 valence electrons. The van der Waals surface area contributed by atoms with Crippen LogP contribution in [0.5, 0.6) is 0 Å². The van der Waals surface area contributed by atoms with Crippen LogP contribution in [0.1, 0.15) is 57.2 Å². The number of aliphatic imine (C=N–C) groups is 1. The van der Waals surface area contributed by atoms with Crippen LogP contribution < -0.4 is 0 Å². The summed E-state index contributed by atoms with van der Waals surface area (Å²) in [6.07, 6.45) is -4.90. The number of rotatable bonds is 6. The van der Waals surface area contributed by atoms with E-state index in [0.29, 0.717) is 5.70 Å². The van der Waals surface area contributed by atoms with E-state index in [9.17, 15) is 27.2 Å². The second kappa shape index (κ2) is 11.9. The van der Waals surface area contributed by atoms with Crippen molar-refractivity contribution in [1.82, 2.24) is 9.80 Å². The Labute approximate surface area is 233 Å². The molecule has 0 N–H and O–H groups in total. The molecule has 2 atom stereocenters. The van der Waals surface area contributed by atoms with Crippen LogP contribution in [0, 0.1) is 5.82 Å². The summed E-state index contributed by atoms with van der Waals surface area (Å²) in [4.78, 5) is 32.5. The van der Waals surface area contributed by atoms with E-state index in [4.69, 9.17) is 4.74 Å². The number of benzene rings is 2. The molecule has 1 aliphatic heterocycles. The lowest BCUT2D eigenvalue weighted by Gasteiger charge is -2.44. The van der Waals surface area contributed by atoms with Gasteiger partial charge in [0.15, 0.2) is 0 Å². The summed E-state index contributed by atoms with van der Waals surface area (Å²) in [6.45, 7) is 8.00. The van der Waals surface area contributed by atoms with Crippen molar-refractivity contribution in [3.8, 4) is 0 Å². The maximum Gasteiger partial charge on any atom is 0.433 e. The van der Waals surface area contributed by atoms with Gasteiger partial charge in [-0.25, -0.2) is 9.18 Å². The fraction of sp³-hybridized carbons (Fsp3) is 0.393. The van der Waals surface area contributed by atoms with Gasteiger partial charge in [0, 0.05) is 36.5 Å². The van der Waals surface area contributed by atoms with Crippen LogP contribution in [-0.2, 0) is 22.3 Å². The van der Waals surface area contributed by atoms with Crippen molar-refractivity contribution in [3.63, 3.8) is 0 Å². The molecular formula is C28H30BrF4N3O3. The first-order chi connectivity index (χ1) is 18.1. The fourth-order valence-corrected chi connectivity index (χ4v) is 4.71. The minimum atomic E-state index is -4.75. The summed E-state index contributed by atoms with van der Waals surface area (Å²) in [5.74, 6) is -1.94. The third-order valence-electron chi connectivity index (χ3n) is 6.23. The first-order valence-electron chi connectivity index (χ1n) is 12.2. The minimum absolute atomic E-state index is 0.0403. The number of allylic oxidation sites excluding steroid dienone is 1. The number of hydrogen-bond acceptors (Lipinski definition) is 4. The lowest BCUT2D eigenvalue weighted by atomic mass is 9.98. The number of carbonyl (C=O) groups is 2. The number of amides is 2. The van der Waals surface area contributed by atoms with Crippen LogP contribution in [0.15, 0.2) is 63.7 Å². The standard InChI is InChI=1S/C28H30BrF4N3O3/c1-17-24(29)25(37)36(18(2)35(17)16-21-22(28(31,32)33)12-9-13-23(21)30)15-20(19-10-7-6-8-11-19)14-34-26(38)39-27(3,4)5/h6-14,18,20H,15-16H2,1-5H3/b34-14+/t18?,20-/m0/s1. The molecule has 1 aliphatic rings. The molecule has 0 saturated heterocycles. The van der Waals surface area contributed by atoms with Gasteiger partial charge in [0.25, 0.3) is 5.91 Å². The van der Waals surface area contributed by atoms with Gasteiger partial charge >= 0.3 is 12.3 Å². The SMILES string of the molecule is CC1=C(Br)C(=O)N(C[C@H](/C=N/C(=O)OC(C)(C)C)c2ccccc2)C(C)N1Cc1c(F)cccc1C(F)(F)F. The molecule has 0 aliphatic carbocycles. The van der Waals surface area contributed by atoms with Gasteiger partial charge in [-0.1, -0.05) is 36.4 Å². The van der Waals surface area contributed by atoms with Gasteiger partial charge in [0.1, 0.15) is 22.1 Å². The second-order valence-corrected chi connectivity index (χ2v) is 10.9. The number of halogens is 5. The second-order valence-electron chi connectivity index (χ2n) is 10.2. The Kier molecular flexibility index (Phi) is 9.25. The van der Waals surface area contributed by atoms with Gasteiger partial charge in [-0.2, -0.15) is 18.2 Å². The quantitative estimate of drug-likeness (QED) is 0.255. The third-order valence-corrected chi connectivity index (χ3v) is 7.14. The highest BCUT2D eigenvalue weighted by Crippen LogP contribution is 2.37. The van der Waals surface area contributed by atoms with E-state index in [1.54, 1.807) is 46.8 Å². The Morgan fingerprint density at radius 2 is 1.74 bits per heavy atom. The molecule has 2 aromatic carbocycles. The van der Waals surface area contributed by atoms with Crippen LogP contribution in [0.25, 0.3) is 0 Å². The average Bonchev–Trinajstić information content (AvgIpc) is 2.84. The zero-order chi connectivity index (χ0) is 29.1. The van der Waals surface area contributed by atoms with Gasteiger partial charge in [-0.3, -0.25) is 4.79 Å². The highest BCUT2D eigenvalue weighted by molar-refractivity contribution is 9.12. The molecule has 3 rings (SSSR count). The average molecular weight is 612 g/mol. The van der Waals surface area contributed by atoms with E-state index in [1.165, 1.54) is 16.0 Å². The normalized spacial score (nSPS) is 17.7. The van der Waals surface area contributed by atoms with Crippen molar-refractivity contribution in [3.05, 3.63) is 81.2 Å². The number of alkyl halides is 3. The van der Waals surface area contributed by atoms with Crippen LogP contribution in [-0.4, -0.2) is 46.3 Å². The van der Waals surface area contributed by atoms with Gasteiger partial charge < -0.3 is 14.5 Å². The molecular weight excluding hydrogens is 582 g/mol. The van der Waals surface area contributed by atoms with Crippen molar-refractivity contribution in [2.75, 3.05) is 6.54 Å². The number of carbonyl (C=O) groups excluding carboxylic acids is 2. The van der Waals surface area contributed by atoms with Crippen molar-refractivity contribution >= 4 is 34.1 Å². The number of ether oxygens (including phenoxy) is 1. The van der Waals surface area contributed by atoms with Gasteiger partial charge in [0.2, 0.25) is 0 Å². The lowest BCUT2D eigenvalue weighted by Crippen LogP contribution is -2.54. The molecule has 6 nitrogen and oxygen atoms in total. The topological polar surface area (TPSA) is 62.2 Å². The van der Waals surface area contributed by atoms with Crippen molar-refractivity contribution < 1.29 is 31.9 Å². The first kappa shape index (κ1) is 30.3. The molecule has 2 amide bonds. The van der Waals surface area contributed by atoms with Crippen molar-refractivity contribution in [1.29, 1.82) is 0 Å². The Hall–Kier alpha value is -3.21. The number of nitrogens with zero attached hydrogens (tertiary/aromatic N) is 3. The van der Waals surface area contributed by atoms with E-state index in [1.807, 2.05) is 18.2 Å². The van der Waals surface area contributed by atoms with E-state index < -0.39 is 59.4 Å². The first-order valence-corrected chi connectivity index (χ1v) is 13.0. The lowest BCUT2D eigenvalue weighted by molar-refractivity contribution is -0.140. The maximum absolute atomic E-state index is 14.7. The predicted octanol–water partition coefficient (Wildman–Crippen LogP) is 7.25. The molecule has 0 spiro atoms. The predicted molar refractivity (Wildman–Crippen MR) is 144 cm³/mol. The van der Waals surface area contributed by atoms with E-state index in [-0.39, 0.29) is 11.0 Å². The fourth-order valence-electron chi connectivity index (χ4n) is 4.26. The molecule has 2 aromatic rings. The molecule has 0 aromatic heterocycles. The molecule has 1 unspecified atom stereocenters. The summed E-state index contributed by atoms with van der Waals surface area (Å²) in [6, 6.07) is 11.9. The Morgan fingerprint density at radius 1 is 1.10 bits per heavy atom. The van der Waals surface area contributed by atoms with Gasteiger partial charge in [-0.15, -0.1) is 0 Å². The summed E-state index contributed by atoms with van der Waals surface area (Å²) >= 11 is 3.28. The van der Waals surface area contributed by atoms with Crippen LogP contribution >= 0.6 is 15.9 Å². The molecule has 0 radical (unpaired) electrons. The highest BCUT2D eigenvalue weighted by atomic mass is 79.9. The van der Waals surface area contributed by atoms with E-state index >= 15 is 0 Å².